The Morgan fingerprint density at radius 1 is 0.424 bits per heavy atom. The quantitative estimate of drug-likeness (QED) is 0.168. The molecule has 0 spiro atoms. The first-order chi connectivity index (χ1) is 29.2. The number of thiophene rings is 2. The van der Waals surface area contributed by atoms with Crippen LogP contribution in [0.1, 0.15) is 18.4 Å². The second-order valence-corrected chi connectivity index (χ2v) is 17.2. The van der Waals surface area contributed by atoms with Gasteiger partial charge in [-0.1, -0.05) is 146 Å². The Hall–Kier alpha value is -6.99. The first-order valence-electron chi connectivity index (χ1n) is 20.0. The van der Waals surface area contributed by atoms with Gasteiger partial charge in [-0.05, 0) is 71.5 Å². The van der Waals surface area contributed by atoms with Gasteiger partial charge in [-0.15, -0.1) is 22.7 Å². The van der Waals surface area contributed by atoms with E-state index in [4.69, 9.17) is 15.0 Å². The zero-order valence-corrected chi connectivity index (χ0v) is 33.5. The number of para-hydroxylation sites is 1. The molecular formula is C53H34N4S2. The molecule has 1 aliphatic carbocycles. The Bertz CT molecular complexity index is 3470. The molecule has 4 nitrogen and oxygen atoms in total. The number of nitrogens with zero attached hydrogens (tertiary/aromatic N) is 4. The summed E-state index contributed by atoms with van der Waals surface area (Å²) in [5.74, 6) is 2.02. The third-order valence-corrected chi connectivity index (χ3v) is 14.0. The van der Waals surface area contributed by atoms with Crippen LogP contribution < -0.4 is 10.6 Å². The van der Waals surface area contributed by atoms with Crippen LogP contribution in [0.3, 0.4) is 0 Å². The number of fused-ring (bicyclic) bond motifs is 8. The van der Waals surface area contributed by atoms with Gasteiger partial charge in [-0.3, -0.25) is 0 Å². The molecule has 7 aromatic carbocycles. The minimum absolute atomic E-state index is 0.672. The van der Waals surface area contributed by atoms with Crippen molar-refractivity contribution in [2.24, 2.45) is 0 Å². The van der Waals surface area contributed by atoms with Crippen molar-refractivity contribution in [1.29, 1.82) is 0 Å². The van der Waals surface area contributed by atoms with Crippen molar-refractivity contribution < 1.29 is 0 Å². The number of rotatable bonds is 6. The topological polar surface area (TPSA) is 43.6 Å². The number of benzene rings is 7. The molecule has 0 saturated heterocycles. The molecule has 6 heteroatoms. The first-order valence-corrected chi connectivity index (χ1v) is 21.6. The average Bonchev–Trinajstić information content (AvgIpc) is 3.97. The van der Waals surface area contributed by atoms with E-state index in [0.717, 1.165) is 29.5 Å². The molecule has 4 aromatic heterocycles. The van der Waals surface area contributed by atoms with Gasteiger partial charge >= 0.3 is 0 Å². The fourth-order valence-corrected chi connectivity index (χ4v) is 11.5. The molecule has 0 saturated carbocycles. The second kappa shape index (κ2) is 13.8. The lowest BCUT2D eigenvalue weighted by atomic mass is 9.93. The minimum Gasteiger partial charge on any atom is -0.310 e. The van der Waals surface area contributed by atoms with Gasteiger partial charge in [0, 0.05) is 53.2 Å². The summed E-state index contributed by atoms with van der Waals surface area (Å²) in [6.45, 7) is 0. The molecule has 1 aliphatic rings. The summed E-state index contributed by atoms with van der Waals surface area (Å²) in [6, 6.07) is 62.7. The van der Waals surface area contributed by atoms with Crippen molar-refractivity contribution in [3.05, 3.63) is 192 Å². The molecule has 0 fully saturated rings. The van der Waals surface area contributed by atoms with Crippen LogP contribution in [-0.4, -0.2) is 19.5 Å². The highest BCUT2D eigenvalue weighted by molar-refractivity contribution is 7.36. The molecule has 59 heavy (non-hydrogen) atoms. The first kappa shape index (κ1) is 34.1. The Balaban J connectivity index is 0.995. The fourth-order valence-electron chi connectivity index (χ4n) is 8.77. The van der Waals surface area contributed by atoms with E-state index in [0.29, 0.717) is 17.5 Å². The maximum absolute atomic E-state index is 5.00. The summed E-state index contributed by atoms with van der Waals surface area (Å²) in [7, 11) is 0. The lowest BCUT2D eigenvalue weighted by Gasteiger charge is -2.12. The highest BCUT2D eigenvalue weighted by atomic mass is 32.1. The molecule has 0 amide bonds. The number of aromatic nitrogens is 4. The van der Waals surface area contributed by atoms with E-state index in [1.807, 2.05) is 59.1 Å². The van der Waals surface area contributed by atoms with Gasteiger partial charge in [0.2, 0.25) is 0 Å². The van der Waals surface area contributed by atoms with Crippen LogP contribution in [-0.2, 0) is 0 Å². The lowest BCUT2D eigenvalue weighted by molar-refractivity contribution is 1.01. The van der Waals surface area contributed by atoms with Gasteiger partial charge in [0.1, 0.15) is 0 Å². The molecule has 0 unspecified atom stereocenters. The SMILES string of the molecule is C1=c2c(c3cc(-c4ccccc4)ccc3n2-c2ccccc2)=C(c2ccc3c(c2)sc2c4ccc(-c5nc(-c6ccccc6)nc(-c6ccccc6)n5)cc4sc32)CC1. The zero-order valence-electron chi connectivity index (χ0n) is 31.8. The van der Waals surface area contributed by atoms with E-state index < -0.39 is 0 Å². The third-order valence-electron chi connectivity index (χ3n) is 11.5. The van der Waals surface area contributed by atoms with Crippen LogP contribution >= 0.6 is 22.7 Å². The zero-order chi connectivity index (χ0) is 38.9. The predicted molar refractivity (Wildman–Crippen MR) is 249 cm³/mol. The van der Waals surface area contributed by atoms with Gasteiger partial charge in [0.15, 0.2) is 17.5 Å². The molecule has 0 radical (unpaired) electrons. The Morgan fingerprint density at radius 2 is 0.932 bits per heavy atom. The largest absolute Gasteiger partial charge is 0.310 e. The summed E-state index contributed by atoms with van der Waals surface area (Å²) in [5, 5.41) is 6.54. The standard InChI is InChI=1S/C53H34N4S2/c1-5-14-33(15-6-1)36-26-29-44-43(30-36)48-40(22-13-23-45(48)57(44)39-20-11-4-12-21-39)37-24-27-41-46(31-37)58-50-42-28-25-38(32-47(42)59-49(41)50)53-55-51(34-16-7-2-8-17-34)54-52(56-53)35-18-9-3-10-19-35/h1-12,14-21,23-32H,13,22H2. The molecule has 4 heterocycles. The van der Waals surface area contributed by atoms with Crippen molar-refractivity contribution in [1.82, 2.24) is 19.5 Å². The van der Waals surface area contributed by atoms with Gasteiger partial charge in [-0.2, -0.15) is 0 Å². The van der Waals surface area contributed by atoms with Crippen molar-refractivity contribution in [2.75, 3.05) is 0 Å². The molecule has 0 bridgehead atoms. The van der Waals surface area contributed by atoms with Gasteiger partial charge < -0.3 is 4.57 Å². The van der Waals surface area contributed by atoms with E-state index in [1.54, 1.807) is 0 Å². The van der Waals surface area contributed by atoms with Gasteiger partial charge in [0.25, 0.3) is 0 Å². The van der Waals surface area contributed by atoms with Crippen LogP contribution in [0, 0.1) is 0 Å². The molecule has 12 rings (SSSR count). The van der Waals surface area contributed by atoms with E-state index in [-0.39, 0.29) is 0 Å². The Morgan fingerprint density at radius 3 is 1.54 bits per heavy atom. The van der Waals surface area contributed by atoms with E-state index in [2.05, 4.69) is 150 Å². The molecule has 0 aliphatic heterocycles. The van der Waals surface area contributed by atoms with E-state index in [9.17, 15) is 0 Å². The predicted octanol–water partition coefficient (Wildman–Crippen LogP) is 12.8. The molecular weight excluding hydrogens is 757 g/mol. The third kappa shape index (κ3) is 5.75. The van der Waals surface area contributed by atoms with Crippen LogP contribution in [0.4, 0.5) is 0 Å². The summed E-state index contributed by atoms with van der Waals surface area (Å²) < 4.78 is 7.70. The maximum Gasteiger partial charge on any atom is 0.164 e. The van der Waals surface area contributed by atoms with Crippen LogP contribution in [0.25, 0.3) is 103 Å². The smallest absolute Gasteiger partial charge is 0.164 e. The van der Waals surface area contributed by atoms with Crippen LogP contribution in [0.2, 0.25) is 0 Å². The van der Waals surface area contributed by atoms with E-state index in [1.165, 1.54) is 79.0 Å². The fraction of sp³-hybridized carbons (Fsp3) is 0.0377. The van der Waals surface area contributed by atoms with Crippen LogP contribution in [0.5, 0.6) is 0 Å². The molecule has 11 aromatic rings. The summed E-state index contributed by atoms with van der Waals surface area (Å²) in [5.41, 5.74) is 10.6. The maximum atomic E-state index is 5.00. The monoisotopic (exact) mass is 790 g/mol. The van der Waals surface area contributed by atoms with Gasteiger partial charge in [0.05, 0.1) is 20.3 Å². The molecule has 278 valence electrons. The Labute approximate surface area is 348 Å². The average molecular weight is 791 g/mol. The van der Waals surface area contributed by atoms with Crippen molar-refractivity contribution in [3.8, 4) is 51.0 Å². The van der Waals surface area contributed by atoms with Crippen molar-refractivity contribution in [3.63, 3.8) is 0 Å². The number of hydrogen-bond acceptors (Lipinski definition) is 5. The second-order valence-electron chi connectivity index (χ2n) is 15.1. The summed E-state index contributed by atoms with van der Waals surface area (Å²) in [6.07, 6.45) is 4.45. The van der Waals surface area contributed by atoms with Gasteiger partial charge in [-0.25, -0.2) is 15.0 Å². The van der Waals surface area contributed by atoms with E-state index >= 15 is 0 Å². The summed E-state index contributed by atoms with van der Waals surface area (Å²) >= 11 is 3.77. The van der Waals surface area contributed by atoms with Crippen LogP contribution in [0.15, 0.2) is 176 Å². The molecule has 0 N–H and O–H groups in total. The molecule has 0 atom stereocenters. The lowest BCUT2D eigenvalue weighted by Crippen LogP contribution is -2.32. The normalized spacial score (nSPS) is 12.7. The highest BCUT2D eigenvalue weighted by Gasteiger charge is 2.20. The van der Waals surface area contributed by atoms with Crippen molar-refractivity contribution in [2.45, 2.75) is 12.8 Å². The van der Waals surface area contributed by atoms with Crippen molar-refractivity contribution >= 4 is 74.8 Å². The summed E-state index contributed by atoms with van der Waals surface area (Å²) in [4.78, 5) is 14.9. The number of hydrogen-bond donors (Lipinski definition) is 0. The minimum atomic E-state index is 0.672. The Kier molecular flexibility index (Phi) is 8.00. The highest BCUT2D eigenvalue weighted by Crippen LogP contribution is 2.46.